The van der Waals surface area contributed by atoms with Crippen LogP contribution >= 0.6 is 0 Å². The average molecular weight is 556 g/mol. The van der Waals surface area contributed by atoms with Crippen LogP contribution in [0.2, 0.25) is 0 Å². The van der Waals surface area contributed by atoms with E-state index in [0.29, 0.717) is 12.8 Å². The van der Waals surface area contributed by atoms with E-state index in [1.165, 1.54) is 128 Å². The van der Waals surface area contributed by atoms with Crippen molar-refractivity contribution in [2.75, 3.05) is 0 Å². The van der Waals surface area contributed by atoms with Gasteiger partial charge in [0.15, 0.2) is 0 Å². The zero-order valence-corrected chi connectivity index (χ0v) is 26.3. The maximum Gasteiger partial charge on any atom is 0.250 e. The summed E-state index contributed by atoms with van der Waals surface area (Å²) in [6, 6.07) is 0. The maximum atomic E-state index is 12.2. The molecule has 5 nitrogen and oxygen atoms in total. The highest BCUT2D eigenvalue weighted by atomic mass is 16.3. The molecule has 0 heterocycles. The molecule has 0 radical (unpaired) electrons. The van der Waals surface area contributed by atoms with Crippen molar-refractivity contribution >= 4 is 5.91 Å². The average Bonchev–Trinajstić information content (AvgIpc) is 2.91. The SMILES string of the molecule is CCCCCCCCCCCCCCCC(O)CC(O)NC(=O)C(O)CCCCCCCCCCCCCC. The predicted molar refractivity (Wildman–Crippen MR) is 167 cm³/mol. The number of aliphatic hydroxyl groups is 3. The number of carbonyl (C=O) groups excluding carboxylic acids is 1. The van der Waals surface area contributed by atoms with Gasteiger partial charge in [-0.25, -0.2) is 0 Å². The van der Waals surface area contributed by atoms with Gasteiger partial charge >= 0.3 is 0 Å². The first kappa shape index (κ1) is 38.4. The first-order valence-corrected chi connectivity index (χ1v) is 17.4. The fourth-order valence-corrected chi connectivity index (χ4v) is 5.40. The maximum absolute atomic E-state index is 12.2. The van der Waals surface area contributed by atoms with Crippen LogP contribution in [0.4, 0.5) is 0 Å². The molecule has 0 rings (SSSR count). The zero-order chi connectivity index (χ0) is 28.8. The Labute approximate surface area is 243 Å². The molecule has 0 aromatic carbocycles. The molecule has 0 aromatic heterocycles. The van der Waals surface area contributed by atoms with Gasteiger partial charge in [-0.2, -0.15) is 0 Å². The van der Waals surface area contributed by atoms with Crippen molar-refractivity contribution in [1.82, 2.24) is 5.32 Å². The third kappa shape index (κ3) is 28.7. The minimum absolute atomic E-state index is 0.120. The monoisotopic (exact) mass is 556 g/mol. The van der Waals surface area contributed by atoms with Crippen molar-refractivity contribution in [1.29, 1.82) is 0 Å². The summed E-state index contributed by atoms with van der Waals surface area (Å²) in [5.74, 6) is -0.529. The van der Waals surface area contributed by atoms with E-state index in [-0.39, 0.29) is 6.42 Å². The summed E-state index contributed by atoms with van der Waals surface area (Å²) in [6.07, 6.45) is 30.1. The molecule has 0 fully saturated rings. The van der Waals surface area contributed by atoms with Crippen LogP contribution in [0.5, 0.6) is 0 Å². The smallest absolute Gasteiger partial charge is 0.250 e. The summed E-state index contributed by atoms with van der Waals surface area (Å²) in [7, 11) is 0. The number of rotatable bonds is 31. The van der Waals surface area contributed by atoms with Gasteiger partial charge < -0.3 is 20.6 Å². The van der Waals surface area contributed by atoms with Gasteiger partial charge in [-0.15, -0.1) is 0 Å². The Kier molecular flexibility index (Phi) is 29.8. The minimum atomic E-state index is -1.11. The van der Waals surface area contributed by atoms with Gasteiger partial charge in [-0.05, 0) is 12.8 Å². The first-order chi connectivity index (χ1) is 19.0. The number of carbonyl (C=O) groups is 1. The number of unbranched alkanes of at least 4 members (excludes halogenated alkanes) is 23. The van der Waals surface area contributed by atoms with Crippen LogP contribution in [0, 0.1) is 0 Å². The highest BCUT2D eigenvalue weighted by Crippen LogP contribution is 2.15. The molecule has 4 N–H and O–H groups in total. The van der Waals surface area contributed by atoms with E-state index in [1.807, 2.05) is 0 Å². The molecule has 0 saturated heterocycles. The van der Waals surface area contributed by atoms with Gasteiger partial charge in [-0.1, -0.05) is 174 Å². The molecule has 1 amide bonds. The Morgan fingerprint density at radius 3 is 1.15 bits per heavy atom. The van der Waals surface area contributed by atoms with Gasteiger partial charge in [0.1, 0.15) is 12.3 Å². The summed E-state index contributed by atoms with van der Waals surface area (Å²) in [5, 5.41) is 32.9. The molecule has 234 valence electrons. The lowest BCUT2D eigenvalue weighted by atomic mass is 10.0. The van der Waals surface area contributed by atoms with E-state index in [0.717, 1.165) is 32.1 Å². The van der Waals surface area contributed by atoms with Gasteiger partial charge in [0.05, 0.1) is 6.10 Å². The summed E-state index contributed by atoms with van der Waals surface area (Å²) in [6.45, 7) is 4.51. The molecular formula is C34H69NO4. The second kappa shape index (κ2) is 30.3. The summed E-state index contributed by atoms with van der Waals surface area (Å²) in [5.41, 5.74) is 0. The molecular weight excluding hydrogens is 486 g/mol. The van der Waals surface area contributed by atoms with Crippen molar-refractivity contribution in [3.05, 3.63) is 0 Å². The van der Waals surface area contributed by atoms with Crippen molar-refractivity contribution in [3.63, 3.8) is 0 Å². The Morgan fingerprint density at radius 2 is 0.795 bits per heavy atom. The van der Waals surface area contributed by atoms with Crippen LogP contribution < -0.4 is 5.32 Å². The molecule has 39 heavy (non-hydrogen) atoms. The largest absolute Gasteiger partial charge is 0.393 e. The molecule has 0 aromatic rings. The Bertz CT molecular complexity index is 502. The molecule has 3 atom stereocenters. The van der Waals surface area contributed by atoms with Crippen LogP contribution in [0.15, 0.2) is 0 Å². The number of amides is 1. The minimum Gasteiger partial charge on any atom is -0.393 e. The number of hydrogen-bond donors (Lipinski definition) is 4. The van der Waals surface area contributed by atoms with E-state index < -0.39 is 24.3 Å². The second-order valence-electron chi connectivity index (χ2n) is 12.1. The molecule has 0 aliphatic rings. The molecule has 0 saturated carbocycles. The van der Waals surface area contributed by atoms with Crippen molar-refractivity contribution in [2.45, 2.75) is 212 Å². The van der Waals surface area contributed by atoms with Crippen LogP contribution in [-0.2, 0) is 4.79 Å². The lowest BCUT2D eigenvalue weighted by Gasteiger charge is -2.19. The summed E-state index contributed by atoms with van der Waals surface area (Å²) >= 11 is 0. The molecule has 0 spiro atoms. The Hall–Kier alpha value is -0.650. The topological polar surface area (TPSA) is 89.8 Å². The fraction of sp³-hybridized carbons (Fsp3) is 0.971. The van der Waals surface area contributed by atoms with E-state index in [1.54, 1.807) is 0 Å². The van der Waals surface area contributed by atoms with Crippen LogP contribution in [0.3, 0.4) is 0 Å². The zero-order valence-electron chi connectivity index (χ0n) is 26.3. The standard InChI is InChI=1S/C34H69NO4/c1-3-5-7-9-11-13-15-17-18-20-22-24-26-28-31(36)30-33(38)35-34(39)32(37)29-27-25-23-21-19-16-14-12-10-8-6-4-2/h31-33,36-38H,3-30H2,1-2H3,(H,35,39). The van der Waals surface area contributed by atoms with E-state index in [2.05, 4.69) is 19.2 Å². The highest BCUT2D eigenvalue weighted by molar-refractivity contribution is 5.80. The van der Waals surface area contributed by atoms with E-state index in [9.17, 15) is 20.1 Å². The fourth-order valence-electron chi connectivity index (χ4n) is 5.40. The summed E-state index contributed by atoms with van der Waals surface area (Å²) in [4.78, 5) is 12.2. The quantitative estimate of drug-likeness (QED) is 0.0507. The van der Waals surface area contributed by atoms with Gasteiger partial charge in [0.2, 0.25) is 0 Å². The van der Waals surface area contributed by atoms with Crippen molar-refractivity contribution in [3.8, 4) is 0 Å². The van der Waals surface area contributed by atoms with E-state index >= 15 is 0 Å². The highest BCUT2D eigenvalue weighted by Gasteiger charge is 2.19. The van der Waals surface area contributed by atoms with Crippen molar-refractivity contribution in [2.24, 2.45) is 0 Å². The lowest BCUT2D eigenvalue weighted by Crippen LogP contribution is -2.42. The van der Waals surface area contributed by atoms with Gasteiger partial charge in [-0.3, -0.25) is 4.79 Å². The van der Waals surface area contributed by atoms with Crippen LogP contribution in [0.25, 0.3) is 0 Å². The number of hydrogen-bond acceptors (Lipinski definition) is 4. The molecule has 3 unspecified atom stereocenters. The third-order valence-electron chi connectivity index (χ3n) is 8.08. The number of nitrogens with one attached hydrogen (secondary N) is 1. The second-order valence-corrected chi connectivity index (χ2v) is 12.1. The Morgan fingerprint density at radius 1 is 0.487 bits per heavy atom. The normalized spacial score (nSPS) is 13.9. The number of aliphatic hydroxyl groups excluding tert-OH is 3. The molecule has 0 bridgehead atoms. The molecule has 5 heteroatoms. The molecule has 0 aliphatic heterocycles. The first-order valence-electron chi connectivity index (χ1n) is 17.4. The van der Waals surface area contributed by atoms with E-state index in [4.69, 9.17) is 0 Å². The van der Waals surface area contributed by atoms with Crippen LogP contribution in [0.1, 0.15) is 194 Å². The lowest BCUT2D eigenvalue weighted by molar-refractivity contribution is -0.133. The summed E-state index contributed by atoms with van der Waals surface area (Å²) < 4.78 is 0. The van der Waals surface area contributed by atoms with Crippen LogP contribution in [-0.4, -0.2) is 39.7 Å². The van der Waals surface area contributed by atoms with Gasteiger partial charge in [0, 0.05) is 6.42 Å². The van der Waals surface area contributed by atoms with Crippen molar-refractivity contribution < 1.29 is 20.1 Å². The van der Waals surface area contributed by atoms with Gasteiger partial charge in [0.25, 0.3) is 5.91 Å². The molecule has 0 aliphatic carbocycles. The Balaban J connectivity index is 3.54. The predicted octanol–water partition coefficient (Wildman–Crippen LogP) is 9.11. The third-order valence-corrected chi connectivity index (χ3v) is 8.08.